The predicted octanol–water partition coefficient (Wildman–Crippen LogP) is 10.9. The average molecular weight is 1830 g/mol. The van der Waals surface area contributed by atoms with E-state index >= 15 is 0 Å². The highest BCUT2D eigenvalue weighted by Gasteiger charge is 2.38. The van der Waals surface area contributed by atoms with Crippen LogP contribution in [0.5, 0.6) is 0 Å². The van der Waals surface area contributed by atoms with Crippen LogP contribution >= 0.6 is 46.4 Å². The molecule has 5 unspecified atom stereocenters. The van der Waals surface area contributed by atoms with Crippen molar-refractivity contribution in [2.75, 3.05) is 113 Å². The van der Waals surface area contributed by atoms with Crippen LogP contribution in [0.3, 0.4) is 0 Å². The minimum atomic E-state index is -1.02. The Hall–Kier alpha value is -9.12. The summed E-state index contributed by atoms with van der Waals surface area (Å²) in [7, 11) is 4.05. The van der Waals surface area contributed by atoms with Gasteiger partial charge < -0.3 is 72.3 Å². The zero-order valence-corrected chi connectivity index (χ0v) is 77.7. The molecular formula is C84H117Cl4N17O20. The highest BCUT2D eigenvalue weighted by atomic mass is 35.5. The molecule has 37 nitrogen and oxygen atoms in total. The number of ketones is 1. The van der Waals surface area contributed by atoms with Crippen LogP contribution in [0.15, 0.2) is 49.1 Å². The standard InChI is InChI=1S/C21H29ClN4O5.C17H23ClN4O3.C17H29NO6.C16H21ClN4O3.C13H15ClN4O3/c1-20(2,3)30-18(27)14-11-23-17-10-16(22)24-26(17)15(14)9-13-12-29-8-7-25(13)19(28)31-21(4,5)6;1-17(2,3)25-16(23)12-9-19-15-8-14(18)20-22(15)13(12)7-11-10-24-6-5-21(11)4;1-16(2,3)23-14(20)10-13(19)9-12-11-22-8-7-18(12)15(21)24-17(4,5)6;1-16(2,3)24-15(22)11-8-19-14-7-13(17)20-21(14)12(11)6-10-9-23-5-4-18-10;1-17-2-3-21-7-8(17)4-10-9(13(19)20)6-15-12-5-11(14)16-18(10)12/h10-11,13H,7-9,12H2,1-6H3;8-9,11H,5-7,10H2,1-4H3;12H,7-11H2,1-6H3;7-8,10,18H,4-6,9H2,1-3H3;5-6,8H,2-4,7H2,1H3,(H,19,20). The van der Waals surface area contributed by atoms with E-state index in [2.05, 4.69) is 62.5 Å². The zero-order valence-electron chi connectivity index (χ0n) is 74.7. The van der Waals surface area contributed by atoms with Gasteiger partial charge in [-0.05, 0) is 139 Å². The maximum atomic E-state index is 12.9. The maximum absolute atomic E-state index is 12.9. The number of aromatic carboxylic acids is 1. The molecule has 2 amide bonds. The Labute approximate surface area is 746 Å². The molecule has 0 aromatic carbocycles. The van der Waals surface area contributed by atoms with E-state index in [4.69, 9.17) is 98.5 Å². The van der Waals surface area contributed by atoms with Crippen LogP contribution in [-0.4, -0.2) is 308 Å². The van der Waals surface area contributed by atoms with E-state index in [9.17, 15) is 43.5 Å². The fraction of sp³-hybridized carbons (Fsp3) is 0.619. The van der Waals surface area contributed by atoms with Crippen molar-refractivity contribution in [2.24, 2.45) is 0 Å². The molecule has 0 aliphatic carbocycles. The zero-order chi connectivity index (χ0) is 92.0. The van der Waals surface area contributed by atoms with E-state index in [1.54, 1.807) is 107 Å². The number of halogens is 4. The van der Waals surface area contributed by atoms with Gasteiger partial charge >= 0.3 is 42.0 Å². The number of hydrogen-bond donors (Lipinski definition) is 2. The molecule has 8 aromatic heterocycles. The van der Waals surface area contributed by atoms with Crippen LogP contribution in [0.1, 0.15) is 202 Å². The number of morpholine rings is 5. The number of carboxylic acids is 1. The summed E-state index contributed by atoms with van der Waals surface area (Å²) in [5.41, 5.74) is 2.28. The van der Waals surface area contributed by atoms with Crippen LogP contribution < -0.4 is 5.32 Å². The first kappa shape index (κ1) is 99.7. The van der Waals surface area contributed by atoms with Crippen LogP contribution in [0, 0.1) is 0 Å². The van der Waals surface area contributed by atoms with E-state index in [0.29, 0.717) is 158 Å². The van der Waals surface area contributed by atoms with Gasteiger partial charge in [-0.3, -0.25) is 19.4 Å². The number of ether oxygens (including phenoxy) is 11. The summed E-state index contributed by atoms with van der Waals surface area (Å²) in [6, 6.07) is 6.09. The second-order valence-corrected chi connectivity index (χ2v) is 38.1. The van der Waals surface area contributed by atoms with E-state index in [0.717, 1.165) is 25.3 Å². The van der Waals surface area contributed by atoms with Crippen molar-refractivity contribution in [2.45, 2.75) is 227 Å². The molecule has 5 saturated heterocycles. The molecule has 5 atom stereocenters. The molecule has 5 fully saturated rings. The number of fused-ring (bicyclic) bond motifs is 4. The number of esters is 4. The molecule has 686 valence electrons. The largest absolute Gasteiger partial charge is 0.478 e. The minimum Gasteiger partial charge on any atom is -0.478 e. The van der Waals surface area contributed by atoms with Crippen molar-refractivity contribution < 1.29 is 95.6 Å². The summed E-state index contributed by atoms with van der Waals surface area (Å²) in [6.45, 7) is 40.8. The molecule has 5 aliphatic heterocycles. The first-order valence-electron chi connectivity index (χ1n) is 41.2. The maximum Gasteiger partial charge on any atom is 0.410 e. The Morgan fingerprint density at radius 1 is 0.400 bits per heavy atom. The minimum absolute atomic E-state index is 0.0402. The summed E-state index contributed by atoms with van der Waals surface area (Å²) in [5, 5.41) is 30.9. The SMILES string of the molecule is CC(C)(C)OC(=O)CC(=O)CC1COCCN1C(=O)OC(C)(C)C.CC(C)(C)OC(=O)c1cnc2cc(Cl)nn2c1CC1COCCN1.CC(C)(C)OC(=O)c1cnc2cc(Cl)nn2c1CC1COCCN1C(=O)OC(C)(C)C.CN1CCOCC1Cc1c(C(=O)O)cnc2cc(Cl)nn12.CN1CCOCC1Cc1c(C(=O)OC(C)(C)C)cnc2cc(Cl)nn12. The van der Waals surface area contributed by atoms with Crippen molar-refractivity contribution in [1.29, 1.82) is 0 Å². The number of aromatic nitrogens is 12. The lowest BCUT2D eigenvalue weighted by atomic mass is 10.0. The molecule has 125 heavy (non-hydrogen) atoms. The van der Waals surface area contributed by atoms with Crippen LogP contribution in [0.4, 0.5) is 9.59 Å². The molecule has 2 N–H and O–H groups in total. The highest BCUT2D eigenvalue weighted by Crippen LogP contribution is 2.29. The number of nitrogens with one attached hydrogen (secondary N) is 1. The first-order valence-corrected chi connectivity index (χ1v) is 42.7. The third kappa shape index (κ3) is 30.0. The lowest BCUT2D eigenvalue weighted by Gasteiger charge is -2.36. The van der Waals surface area contributed by atoms with Gasteiger partial charge in [-0.25, -0.2) is 66.8 Å². The fourth-order valence-electron chi connectivity index (χ4n) is 13.5. The molecule has 0 spiro atoms. The third-order valence-electron chi connectivity index (χ3n) is 19.0. The Kier molecular flexibility index (Phi) is 34.0. The van der Waals surface area contributed by atoms with Crippen molar-refractivity contribution in [3.05, 3.63) is 115 Å². The fourth-order valence-corrected chi connectivity index (χ4v) is 14.2. The van der Waals surface area contributed by atoms with Crippen LogP contribution in [0.2, 0.25) is 20.6 Å². The number of hydrogen-bond acceptors (Lipinski definition) is 30. The number of amides is 2. The Balaban J connectivity index is 0.000000178. The monoisotopic (exact) mass is 1820 g/mol. The lowest BCUT2D eigenvalue weighted by Crippen LogP contribution is -2.51. The molecule has 13 heterocycles. The lowest BCUT2D eigenvalue weighted by molar-refractivity contribution is -0.156. The second-order valence-electron chi connectivity index (χ2n) is 36.5. The van der Waals surface area contributed by atoms with E-state index < -0.39 is 81.7 Å². The topological polar surface area (TPSA) is 404 Å². The molecule has 5 aliphatic rings. The van der Waals surface area contributed by atoms with Crippen LogP contribution in [0.25, 0.3) is 22.6 Å². The van der Waals surface area contributed by atoms with Gasteiger partial charge in [-0.15, -0.1) is 0 Å². The van der Waals surface area contributed by atoms with Crippen molar-refractivity contribution in [3.8, 4) is 0 Å². The molecule has 0 bridgehead atoms. The van der Waals surface area contributed by atoms with Gasteiger partial charge in [0.25, 0.3) is 0 Å². The average Bonchev–Trinajstić information content (AvgIpc) is 1.69. The van der Waals surface area contributed by atoms with Crippen molar-refractivity contribution in [3.63, 3.8) is 0 Å². The van der Waals surface area contributed by atoms with Crippen LogP contribution in [-0.2, 0) is 87.4 Å². The Bertz CT molecular complexity index is 5110. The second kappa shape index (κ2) is 42.7. The summed E-state index contributed by atoms with van der Waals surface area (Å²) in [6.07, 6.45) is 6.65. The Morgan fingerprint density at radius 3 is 1.04 bits per heavy atom. The Morgan fingerprint density at radius 2 is 0.704 bits per heavy atom. The quantitative estimate of drug-likeness (QED) is 0.0515. The molecule has 0 saturated carbocycles. The number of carboxylic acid groups (broad SMARTS) is 1. The van der Waals surface area contributed by atoms with E-state index in [1.807, 2.05) is 69.4 Å². The predicted molar refractivity (Wildman–Crippen MR) is 462 cm³/mol. The first-order chi connectivity index (χ1) is 58.3. The van der Waals surface area contributed by atoms with Gasteiger partial charge in [0.1, 0.15) is 45.8 Å². The smallest absolute Gasteiger partial charge is 0.410 e. The summed E-state index contributed by atoms with van der Waals surface area (Å²) in [4.78, 5) is 123. The third-order valence-corrected chi connectivity index (χ3v) is 19.7. The molecule has 0 radical (unpaired) electrons. The van der Waals surface area contributed by atoms with Gasteiger partial charge in [0, 0.05) is 132 Å². The van der Waals surface area contributed by atoms with Crippen molar-refractivity contribution >= 4 is 117 Å². The van der Waals surface area contributed by atoms with Gasteiger partial charge in [-0.1, -0.05) is 46.4 Å². The highest BCUT2D eigenvalue weighted by molar-refractivity contribution is 6.30. The molecule has 8 aromatic rings. The summed E-state index contributed by atoms with van der Waals surface area (Å²) < 4.78 is 66.5. The normalized spacial score (nSPS) is 18.8. The summed E-state index contributed by atoms with van der Waals surface area (Å²) >= 11 is 24.0. The van der Waals surface area contributed by atoms with Crippen molar-refractivity contribution in [1.82, 2.24) is 83.3 Å². The number of likely N-dealkylation sites (N-methyl/N-ethyl adjacent to an activating group) is 2. The summed E-state index contributed by atoms with van der Waals surface area (Å²) in [5.74, 6) is -3.23. The van der Waals surface area contributed by atoms with E-state index in [1.165, 1.54) is 32.5 Å². The number of rotatable bonds is 16. The number of carbonyl (C=O) groups is 8. The van der Waals surface area contributed by atoms with E-state index in [-0.39, 0.29) is 72.1 Å². The van der Waals surface area contributed by atoms with Gasteiger partial charge in [0.05, 0.1) is 123 Å². The number of Topliss-reactive ketones (excluding diaryl/α,β-unsaturated/α-hetero) is 1. The molecule has 13 rings (SSSR count). The van der Waals surface area contributed by atoms with Gasteiger partial charge in [0.15, 0.2) is 43.2 Å². The molecular weight excluding hydrogens is 1710 g/mol. The molecule has 41 heteroatoms. The number of nitrogens with zero attached hydrogens (tertiary/aromatic N) is 16. The number of carbonyl (C=O) groups excluding carboxylic acids is 7. The van der Waals surface area contributed by atoms with Gasteiger partial charge in [-0.2, -0.15) is 20.4 Å². The van der Waals surface area contributed by atoms with Gasteiger partial charge in [0.2, 0.25) is 0 Å².